The van der Waals surface area contributed by atoms with Crippen molar-refractivity contribution in [1.82, 2.24) is 0 Å². The van der Waals surface area contributed by atoms with E-state index in [1.54, 1.807) is 0 Å². The van der Waals surface area contributed by atoms with E-state index < -0.39 is 10.8 Å². The van der Waals surface area contributed by atoms with E-state index in [0.717, 1.165) is 25.9 Å². The van der Waals surface area contributed by atoms with Crippen molar-refractivity contribution in [3.05, 3.63) is 33.9 Å². The third kappa shape index (κ3) is 5.78. The number of ether oxygens (including phenoxy) is 1. The standard InChI is InChI=1S/C14H21N3O4/c1-2-3-8-21-9-4-7-16-12-10-11(14(15)18)5-6-13(12)17(19)20/h5-6,10,16H,2-4,7-9H2,1H3,(H2,15,18). The van der Waals surface area contributed by atoms with Crippen LogP contribution in [-0.4, -0.2) is 30.6 Å². The smallest absolute Gasteiger partial charge is 0.292 e. The van der Waals surface area contributed by atoms with Gasteiger partial charge in [0.2, 0.25) is 5.91 Å². The zero-order valence-corrected chi connectivity index (χ0v) is 12.1. The van der Waals surface area contributed by atoms with Gasteiger partial charge in [0.15, 0.2) is 0 Å². The molecule has 0 fully saturated rings. The lowest BCUT2D eigenvalue weighted by Gasteiger charge is -2.08. The summed E-state index contributed by atoms with van der Waals surface area (Å²) < 4.78 is 5.40. The molecule has 1 aromatic carbocycles. The number of unbranched alkanes of at least 4 members (excludes halogenated alkanes) is 1. The van der Waals surface area contributed by atoms with Gasteiger partial charge in [-0.1, -0.05) is 13.3 Å². The lowest BCUT2D eigenvalue weighted by atomic mass is 10.1. The topological polar surface area (TPSA) is 107 Å². The second kappa shape index (κ2) is 8.91. The van der Waals surface area contributed by atoms with Gasteiger partial charge in [-0.05, 0) is 25.0 Å². The Kier molecular flexibility index (Phi) is 7.17. The Bertz CT molecular complexity index is 491. The summed E-state index contributed by atoms with van der Waals surface area (Å²) in [5.74, 6) is -0.615. The number of benzene rings is 1. The highest BCUT2D eigenvalue weighted by molar-refractivity contribution is 5.94. The van der Waals surface area contributed by atoms with Crippen LogP contribution < -0.4 is 11.1 Å². The minimum Gasteiger partial charge on any atom is -0.381 e. The largest absolute Gasteiger partial charge is 0.381 e. The number of amides is 1. The maximum atomic E-state index is 11.1. The molecule has 7 heteroatoms. The number of primary amides is 1. The third-order valence-electron chi connectivity index (χ3n) is 2.90. The number of nitro benzene ring substituents is 1. The van der Waals surface area contributed by atoms with E-state index in [1.807, 2.05) is 0 Å². The van der Waals surface area contributed by atoms with Gasteiger partial charge in [0.25, 0.3) is 5.69 Å². The molecule has 0 aliphatic heterocycles. The molecule has 0 aliphatic rings. The van der Waals surface area contributed by atoms with Gasteiger partial charge in [-0.3, -0.25) is 14.9 Å². The first-order valence-electron chi connectivity index (χ1n) is 6.96. The summed E-state index contributed by atoms with van der Waals surface area (Å²) in [7, 11) is 0. The third-order valence-corrected chi connectivity index (χ3v) is 2.90. The molecule has 1 amide bonds. The van der Waals surface area contributed by atoms with Gasteiger partial charge in [-0.25, -0.2) is 0 Å². The SMILES string of the molecule is CCCCOCCCNc1cc(C(N)=O)ccc1[N+](=O)[O-]. The molecule has 7 nitrogen and oxygen atoms in total. The van der Waals surface area contributed by atoms with Crippen molar-refractivity contribution in [3.8, 4) is 0 Å². The average Bonchev–Trinajstić information content (AvgIpc) is 2.45. The van der Waals surface area contributed by atoms with Crippen LogP contribution in [0.3, 0.4) is 0 Å². The summed E-state index contributed by atoms with van der Waals surface area (Å²) in [6.07, 6.45) is 2.84. The summed E-state index contributed by atoms with van der Waals surface area (Å²) in [4.78, 5) is 21.6. The highest BCUT2D eigenvalue weighted by atomic mass is 16.6. The number of rotatable bonds is 10. The van der Waals surface area contributed by atoms with Crippen LogP contribution in [0.4, 0.5) is 11.4 Å². The van der Waals surface area contributed by atoms with Gasteiger partial charge < -0.3 is 15.8 Å². The monoisotopic (exact) mass is 295 g/mol. The number of carbonyl (C=O) groups is 1. The number of nitro groups is 1. The number of carbonyl (C=O) groups excluding carboxylic acids is 1. The van der Waals surface area contributed by atoms with Gasteiger partial charge >= 0.3 is 0 Å². The Morgan fingerprint density at radius 2 is 2.10 bits per heavy atom. The van der Waals surface area contributed by atoms with E-state index in [9.17, 15) is 14.9 Å². The van der Waals surface area contributed by atoms with Crippen LogP contribution in [0.1, 0.15) is 36.5 Å². The van der Waals surface area contributed by atoms with Crippen LogP contribution >= 0.6 is 0 Å². The number of hydrogen-bond donors (Lipinski definition) is 2. The molecular formula is C14H21N3O4. The lowest BCUT2D eigenvalue weighted by Crippen LogP contribution is -2.13. The molecule has 3 N–H and O–H groups in total. The van der Waals surface area contributed by atoms with Gasteiger partial charge in [0.1, 0.15) is 5.69 Å². The molecular weight excluding hydrogens is 274 g/mol. The molecule has 0 bridgehead atoms. The number of nitrogens with zero attached hydrogens (tertiary/aromatic N) is 1. The van der Waals surface area contributed by atoms with E-state index >= 15 is 0 Å². The Balaban J connectivity index is 2.53. The minimum atomic E-state index is -0.615. The summed E-state index contributed by atoms with van der Waals surface area (Å²) in [6.45, 7) is 3.94. The zero-order valence-electron chi connectivity index (χ0n) is 12.1. The van der Waals surface area contributed by atoms with Crippen molar-refractivity contribution >= 4 is 17.3 Å². The predicted molar refractivity (Wildman–Crippen MR) is 80.4 cm³/mol. The molecule has 116 valence electrons. The molecule has 0 heterocycles. The normalized spacial score (nSPS) is 10.3. The molecule has 0 spiro atoms. The van der Waals surface area contributed by atoms with E-state index in [-0.39, 0.29) is 11.3 Å². The Hall–Kier alpha value is -2.15. The van der Waals surface area contributed by atoms with Crippen LogP contribution in [0.2, 0.25) is 0 Å². The van der Waals surface area contributed by atoms with Crippen molar-refractivity contribution in [1.29, 1.82) is 0 Å². The first kappa shape index (κ1) is 16.9. The van der Waals surface area contributed by atoms with Crippen LogP contribution in [0.15, 0.2) is 18.2 Å². The Morgan fingerprint density at radius 3 is 2.71 bits per heavy atom. The summed E-state index contributed by atoms with van der Waals surface area (Å²) in [5, 5.41) is 13.9. The van der Waals surface area contributed by atoms with Gasteiger partial charge in [-0.2, -0.15) is 0 Å². The fraction of sp³-hybridized carbons (Fsp3) is 0.500. The van der Waals surface area contributed by atoms with Crippen molar-refractivity contribution in [2.24, 2.45) is 5.73 Å². The molecule has 0 aromatic heterocycles. The maximum absolute atomic E-state index is 11.1. The summed E-state index contributed by atoms with van der Waals surface area (Å²) in [6, 6.07) is 4.03. The summed E-state index contributed by atoms with van der Waals surface area (Å²) in [5.41, 5.74) is 5.63. The Morgan fingerprint density at radius 1 is 1.38 bits per heavy atom. The highest BCUT2D eigenvalue weighted by Crippen LogP contribution is 2.25. The van der Waals surface area contributed by atoms with E-state index in [4.69, 9.17) is 10.5 Å². The van der Waals surface area contributed by atoms with Crippen molar-refractivity contribution in [2.45, 2.75) is 26.2 Å². The molecule has 0 atom stereocenters. The Labute approximate surface area is 123 Å². The van der Waals surface area contributed by atoms with Crippen molar-refractivity contribution in [2.75, 3.05) is 25.1 Å². The molecule has 0 unspecified atom stereocenters. The number of hydrogen-bond acceptors (Lipinski definition) is 5. The van der Waals surface area contributed by atoms with Crippen LogP contribution in [0, 0.1) is 10.1 Å². The number of anilines is 1. The maximum Gasteiger partial charge on any atom is 0.292 e. The predicted octanol–water partition coefficient (Wildman–Crippen LogP) is 2.31. The first-order chi connectivity index (χ1) is 10.1. The molecule has 0 radical (unpaired) electrons. The van der Waals surface area contributed by atoms with Crippen LogP contribution in [0.25, 0.3) is 0 Å². The highest BCUT2D eigenvalue weighted by Gasteiger charge is 2.15. The first-order valence-corrected chi connectivity index (χ1v) is 6.96. The molecule has 0 aliphatic carbocycles. The van der Waals surface area contributed by atoms with E-state index in [1.165, 1.54) is 18.2 Å². The van der Waals surface area contributed by atoms with Crippen molar-refractivity contribution in [3.63, 3.8) is 0 Å². The molecule has 21 heavy (non-hydrogen) atoms. The molecule has 1 rings (SSSR count). The van der Waals surface area contributed by atoms with Gasteiger partial charge in [0.05, 0.1) is 4.92 Å². The van der Waals surface area contributed by atoms with E-state index in [0.29, 0.717) is 18.8 Å². The zero-order chi connectivity index (χ0) is 15.7. The van der Waals surface area contributed by atoms with E-state index in [2.05, 4.69) is 12.2 Å². The second-order valence-electron chi connectivity index (χ2n) is 4.60. The second-order valence-corrected chi connectivity index (χ2v) is 4.60. The van der Waals surface area contributed by atoms with Crippen molar-refractivity contribution < 1.29 is 14.5 Å². The number of nitrogens with one attached hydrogen (secondary N) is 1. The molecule has 0 saturated carbocycles. The van der Waals surface area contributed by atoms with Gasteiger partial charge in [-0.15, -0.1) is 0 Å². The molecule has 1 aromatic rings. The van der Waals surface area contributed by atoms with Gasteiger partial charge in [0, 0.05) is 31.4 Å². The quantitative estimate of drug-likeness (QED) is 0.391. The minimum absolute atomic E-state index is 0.0769. The van der Waals surface area contributed by atoms with Crippen LogP contribution in [-0.2, 0) is 4.74 Å². The summed E-state index contributed by atoms with van der Waals surface area (Å²) >= 11 is 0. The fourth-order valence-corrected chi connectivity index (χ4v) is 1.74. The van der Waals surface area contributed by atoms with Crippen LogP contribution in [0.5, 0.6) is 0 Å². The fourth-order valence-electron chi connectivity index (χ4n) is 1.74. The average molecular weight is 295 g/mol. The molecule has 0 saturated heterocycles. The lowest BCUT2D eigenvalue weighted by molar-refractivity contribution is -0.384. The number of nitrogens with two attached hydrogens (primary N) is 1.